The van der Waals surface area contributed by atoms with Gasteiger partial charge in [-0.05, 0) is 69.5 Å². The topological polar surface area (TPSA) is 24.5 Å². The summed E-state index contributed by atoms with van der Waals surface area (Å²) in [5.74, 6) is 2.88. The molecule has 0 spiro atoms. The van der Waals surface area contributed by atoms with Crippen LogP contribution in [0.1, 0.15) is 32.1 Å². The van der Waals surface area contributed by atoms with Crippen LogP contribution in [0.25, 0.3) is 0 Å². The van der Waals surface area contributed by atoms with E-state index >= 15 is 0 Å². The van der Waals surface area contributed by atoms with Crippen LogP contribution >= 0.6 is 12.4 Å². The average molecular weight is 289 g/mol. The molecule has 3 saturated heterocycles. The summed E-state index contributed by atoms with van der Waals surface area (Å²) in [6.07, 6.45) is 6.84. The standard InChI is InChI=1S/C15H28N2O.ClH/c1-6-16-7-2-13(1)11-17-8-3-15(12-17)14-4-9-18-10-5-14;/h13-16H,1-12H2;1H. The van der Waals surface area contributed by atoms with E-state index in [-0.39, 0.29) is 12.4 Å². The van der Waals surface area contributed by atoms with E-state index in [4.69, 9.17) is 4.74 Å². The quantitative estimate of drug-likeness (QED) is 0.861. The molecule has 3 fully saturated rings. The van der Waals surface area contributed by atoms with Crippen LogP contribution in [0.3, 0.4) is 0 Å². The molecule has 0 aliphatic carbocycles. The van der Waals surface area contributed by atoms with Crippen molar-refractivity contribution in [2.75, 3.05) is 45.9 Å². The normalized spacial score (nSPS) is 31.3. The van der Waals surface area contributed by atoms with Crippen LogP contribution in [0.2, 0.25) is 0 Å². The molecule has 0 saturated carbocycles. The Hall–Kier alpha value is 0.170. The van der Waals surface area contributed by atoms with E-state index in [1.165, 1.54) is 64.8 Å². The molecule has 4 heteroatoms. The van der Waals surface area contributed by atoms with Crippen molar-refractivity contribution in [1.29, 1.82) is 0 Å². The third kappa shape index (κ3) is 4.32. The van der Waals surface area contributed by atoms with Gasteiger partial charge < -0.3 is 15.0 Å². The Morgan fingerprint density at radius 2 is 1.68 bits per heavy atom. The first-order valence-corrected chi connectivity index (χ1v) is 7.92. The Morgan fingerprint density at radius 3 is 2.42 bits per heavy atom. The van der Waals surface area contributed by atoms with E-state index in [1.54, 1.807) is 0 Å². The number of nitrogens with one attached hydrogen (secondary N) is 1. The highest BCUT2D eigenvalue weighted by atomic mass is 35.5. The zero-order valence-corrected chi connectivity index (χ0v) is 12.8. The average Bonchev–Trinajstić information content (AvgIpc) is 2.89. The largest absolute Gasteiger partial charge is 0.381 e. The summed E-state index contributed by atoms with van der Waals surface area (Å²) >= 11 is 0. The molecule has 3 nitrogen and oxygen atoms in total. The number of likely N-dealkylation sites (tertiary alicyclic amines) is 1. The molecule has 19 heavy (non-hydrogen) atoms. The number of rotatable bonds is 3. The summed E-state index contributed by atoms with van der Waals surface area (Å²) in [6, 6.07) is 0. The number of ether oxygens (including phenoxy) is 1. The molecular weight excluding hydrogens is 260 g/mol. The van der Waals surface area contributed by atoms with Crippen LogP contribution < -0.4 is 5.32 Å². The molecule has 3 aliphatic heterocycles. The van der Waals surface area contributed by atoms with Gasteiger partial charge in [0.25, 0.3) is 0 Å². The molecule has 0 amide bonds. The maximum Gasteiger partial charge on any atom is 0.0468 e. The van der Waals surface area contributed by atoms with Crippen LogP contribution in [0.15, 0.2) is 0 Å². The van der Waals surface area contributed by atoms with Gasteiger partial charge in [-0.25, -0.2) is 0 Å². The van der Waals surface area contributed by atoms with E-state index < -0.39 is 0 Å². The second-order valence-corrected chi connectivity index (χ2v) is 6.45. The molecule has 0 aromatic rings. The third-order valence-electron chi connectivity index (χ3n) is 5.22. The Labute approximate surface area is 123 Å². The van der Waals surface area contributed by atoms with Gasteiger partial charge in [-0.3, -0.25) is 0 Å². The maximum absolute atomic E-state index is 5.49. The molecular formula is C15H29ClN2O. The molecule has 3 heterocycles. The zero-order valence-electron chi connectivity index (χ0n) is 12.0. The predicted octanol–water partition coefficient (Wildman–Crippen LogP) is 2.16. The highest BCUT2D eigenvalue weighted by molar-refractivity contribution is 5.85. The Kier molecular flexibility index (Phi) is 6.40. The monoisotopic (exact) mass is 288 g/mol. The molecule has 0 radical (unpaired) electrons. The second kappa shape index (κ2) is 7.82. The van der Waals surface area contributed by atoms with Crippen molar-refractivity contribution >= 4 is 12.4 Å². The lowest BCUT2D eigenvalue weighted by atomic mass is 9.85. The molecule has 0 aromatic heterocycles. The molecule has 1 atom stereocenters. The van der Waals surface area contributed by atoms with Crippen molar-refractivity contribution in [3.8, 4) is 0 Å². The smallest absolute Gasteiger partial charge is 0.0468 e. The van der Waals surface area contributed by atoms with Gasteiger partial charge in [0, 0.05) is 26.3 Å². The van der Waals surface area contributed by atoms with E-state index in [9.17, 15) is 0 Å². The number of piperidine rings is 1. The third-order valence-corrected chi connectivity index (χ3v) is 5.22. The van der Waals surface area contributed by atoms with Crippen molar-refractivity contribution in [3.63, 3.8) is 0 Å². The Bertz CT molecular complexity index is 253. The van der Waals surface area contributed by atoms with Crippen LogP contribution in [0, 0.1) is 17.8 Å². The molecule has 1 unspecified atom stereocenters. The summed E-state index contributed by atoms with van der Waals surface area (Å²) in [5, 5.41) is 3.47. The van der Waals surface area contributed by atoms with Gasteiger partial charge >= 0.3 is 0 Å². The highest BCUT2D eigenvalue weighted by Crippen LogP contribution is 2.31. The van der Waals surface area contributed by atoms with Gasteiger partial charge in [0.2, 0.25) is 0 Å². The van der Waals surface area contributed by atoms with Gasteiger partial charge in [0.15, 0.2) is 0 Å². The summed E-state index contributed by atoms with van der Waals surface area (Å²) in [5.41, 5.74) is 0. The van der Waals surface area contributed by atoms with Crippen molar-refractivity contribution in [3.05, 3.63) is 0 Å². The minimum atomic E-state index is 0. The predicted molar refractivity (Wildman–Crippen MR) is 80.9 cm³/mol. The zero-order chi connectivity index (χ0) is 12.2. The fraction of sp³-hybridized carbons (Fsp3) is 1.00. The van der Waals surface area contributed by atoms with Crippen LogP contribution in [-0.2, 0) is 4.74 Å². The Balaban J connectivity index is 0.00000133. The molecule has 3 rings (SSSR count). The second-order valence-electron chi connectivity index (χ2n) is 6.45. The molecule has 112 valence electrons. The summed E-state index contributed by atoms with van der Waals surface area (Å²) in [7, 11) is 0. The minimum absolute atomic E-state index is 0. The summed E-state index contributed by atoms with van der Waals surface area (Å²) in [4.78, 5) is 2.75. The van der Waals surface area contributed by atoms with Gasteiger partial charge in [-0.2, -0.15) is 0 Å². The number of hydrogen-bond donors (Lipinski definition) is 1. The molecule has 0 aromatic carbocycles. The fourth-order valence-electron chi connectivity index (χ4n) is 4.03. The van der Waals surface area contributed by atoms with Gasteiger partial charge in [0.05, 0.1) is 0 Å². The van der Waals surface area contributed by atoms with Crippen LogP contribution in [0.5, 0.6) is 0 Å². The first-order chi connectivity index (χ1) is 8.92. The van der Waals surface area contributed by atoms with Gasteiger partial charge in [-0.15, -0.1) is 12.4 Å². The maximum atomic E-state index is 5.49. The lowest BCUT2D eigenvalue weighted by Gasteiger charge is -2.29. The van der Waals surface area contributed by atoms with Crippen molar-refractivity contribution in [1.82, 2.24) is 10.2 Å². The minimum Gasteiger partial charge on any atom is -0.381 e. The van der Waals surface area contributed by atoms with Crippen LogP contribution in [0.4, 0.5) is 0 Å². The SMILES string of the molecule is C1CC(CN2CCC(C3CCOCC3)C2)CCN1.Cl. The number of halogens is 1. The van der Waals surface area contributed by atoms with E-state index in [0.717, 1.165) is 31.0 Å². The van der Waals surface area contributed by atoms with Crippen LogP contribution in [-0.4, -0.2) is 50.8 Å². The summed E-state index contributed by atoms with van der Waals surface area (Å²) < 4.78 is 5.49. The fourth-order valence-corrected chi connectivity index (χ4v) is 4.03. The van der Waals surface area contributed by atoms with E-state index in [0.29, 0.717) is 0 Å². The first kappa shape index (κ1) is 15.6. The lowest BCUT2D eigenvalue weighted by Crippen LogP contribution is -2.35. The van der Waals surface area contributed by atoms with Crippen molar-refractivity contribution in [2.45, 2.75) is 32.1 Å². The lowest BCUT2D eigenvalue weighted by molar-refractivity contribution is 0.0475. The van der Waals surface area contributed by atoms with Crippen molar-refractivity contribution in [2.24, 2.45) is 17.8 Å². The summed E-state index contributed by atoms with van der Waals surface area (Å²) in [6.45, 7) is 8.58. The molecule has 3 aliphatic rings. The highest BCUT2D eigenvalue weighted by Gasteiger charge is 2.31. The first-order valence-electron chi connectivity index (χ1n) is 7.92. The van der Waals surface area contributed by atoms with E-state index in [1.807, 2.05) is 0 Å². The number of nitrogens with zero attached hydrogens (tertiary/aromatic N) is 1. The molecule has 0 bridgehead atoms. The van der Waals surface area contributed by atoms with Gasteiger partial charge in [0.1, 0.15) is 0 Å². The number of hydrogen-bond acceptors (Lipinski definition) is 3. The van der Waals surface area contributed by atoms with E-state index in [2.05, 4.69) is 10.2 Å². The van der Waals surface area contributed by atoms with Gasteiger partial charge in [-0.1, -0.05) is 0 Å². The Morgan fingerprint density at radius 1 is 0.947 bits per heavy atom. The molecule has 1 N–H and O–H groups in total. The van der Waals surface area contributed by atoms with Crippen molar-refractivity contribution < 1.29 is 4.74 Å².